The predicted molar refractivity (Wildman–Crippen MR) is 102 cm³/mol. The summed E-state index contributed by atoms with van der Waals surface area (Å²) in [6, 6.07) is 4.81. The Bertz CT molecular complexity index is 1310. The van der Waals surface area contributed by atoms with Gasteiger partial charge in [0.15, 0.2) is 16.8 Å². The number of carboxylic acids is 1. The molecule has 0 aliphatic carbocycles. The Morgan fingerprint density at radius 2 is 1.83 bits per heavy atom. The molecule has 0 aliphatic heterocycles. The molecule has 0 radical (unpaired) electrons. The molecular weight excluding hydrogens is 379 g/mol. The van der Waals surface area contributed by atoms with Gasteiger partial charge in [0.1, 0.15) is 18.2 Å². The van der Waals surface area contributed by atoms with Crippen LogP contribution in [0.2, 0.25) is 0 Å². The first-order valence-corrected chi connectivity index (χ1v) is 8.91. The van der Waals surface area contributed by atoms with Crippen LogP contribution in [-0.2, 0) is 4.79 Å². The molecule has 29 heavy (non-hydrogen) atoms. The van der Waals surface area contributed by atoms with Gasteiger partial charge in [-0.15, -0.1) is 10.2 Å². The van der Waals surface area contributed by atoms with Crippen molar-refractivity contribution in [1.82, 2.24) is 29.4 Å². The number of nitrogens with zero attached hydrogens (tertiary/aromatic N) is 6. The summed E-state index contributed by atoms with van der Waals surface area (Å²) < 4.78 is 15.7. The van der Waals surface area contributed by atoms with Crippen LogP contribution in [0.25, 0.3) is 27.9 Å². The van der Waals surface area contributed by atoms with Crippen LogP contribution in [0.5, 0.6) is 0 Å². The Balaban J connectivity index is 1.97. The lowest BCUT2D eigenvalue weighted by Gasteiger charge is -2.18. The minimum Gasteiger partial charge on any atom is -0.480 e. The molecule has 10 heteroatoms. The van der Waals surface area contributed by atoms with Gasteiger partial charge in [-0.1, -0.05) is 26.0 Å². The van der Waals surface area contributed by atoms with E-state index < -0.39 is 17.6 Å². The fraction of sp³-hybridized carbons (Fsp3) is 0.263. The molecular formula is C19H17FN6O3. The van der Waals surface area contributed by atoms with E-state index in [-0.39, 0.29) is 22.9 Å². The Morgan fingerprint density at radius 3 is 2.45 bits per heavy atom. The number of benzene rings is 1. The number of carbonyl (C=O) groups is 1. The van der Waals surface area contributed by atoms with Gasteiger partial charge in [0.25, 0.3) is 5.56 Å². The first-order chi connectivity index (χ1) is 13.8. The molecule has 0 saturated carbocycles. The molecule has 4 aromatic rings. The number of carboxylic acid groups (broad SMARTS) is 1. The summed E-state index contributed by atoms with van der Waals surface area (Å²) in [6.07, 6.45) is 1.19. The standard InChI is InChI=1S/C19H17FN6O3/c1-9(2)15(19(28)29)25-8-21-17-14(18(25)27)22-23-16-13(10(3)24-26(16)17)11-4-6-12(20)7-5-11/h4-9,15H,1-3H3,(H,28,29). The molecule has 1 atom stereocenters. The van der Waals surface area contributed by atoms with Crippen LogP contribution in [0.4, 0.5) is 4.39 Å². The van der Waals surface area contributed by atoms with Crippen LogP contribution >= 0.6 is 0 Å². The van der Waals surface area contributed by atoms with Crippen molar-refractivity contribution >= 4 is 22.8 Å². The molecule has 0 spiro atoms. The summed E-state index contributed by atoms with van der Waals surface area (Å²) in [4.78, 5) is 28.8. The lowest BCUT2D eigenvalue weighted by Crippen LogP contribution is -2.34. The maximum absolute atomic E-state index is 13.3. The Morgan fingerprint density at radius 1 is 1.14 bits per heavy atom. The highest BCUT2D eigenvalue weighted by Crippen LogP contribution is 2.28. The lowest BCUT2D eigenvalue weighted by molar-refractivity contribution is -0.142. The van der Waals surface area contributed by atoms with E-state index in [1.807, 2.05) is 0 Å². The SMILES string of the molecule is Cc1nn2c(nnc3c(=O)n(C(C(=O)O)C(C)C)cnc32)c1-c1ccc(F)cc1. The van der Waals surface area contributed by atoms with Gasteiger partial charge < -0.3 is 5.11 Å². The van der Waals surface area contributed by atoms with Crippen molar-refractivity contribution in [3.8, 4) is 11.1 Å². The van der Waals surface area contributed by atoms with Gasteiger partial charge >= 0.3 is 5.97 Å². The van der Waals surface area contributed by atoms with E-state index in [2.05, 4.69) is 20.3 Å². The topological polar surface area (TPSA) is 115 Å². The molecule has 148 valence electrons. The second kappa shape index (κ2) is 6.73. The summed E-state index contributed by atoms with van der Waals surface area (Å²) >= 11 is 0. The van der Waals surface area contributed by atoms with Crippen molar-refractivity contribution in [1.29, 1.82) is 0 Å². The molecule has 1 unspecified atom stereocenters. The van der Waals surface area contributed by atoms with Crippen LogP contribution in [0.15, 0.2) is 35.4 Å². The van der Waals surface area contributed by atoms with Crippen molar-refractivity contribution < 1.29 is 14.3 Å². The second-order valence-corrected chi connectivity index (χ2v) is 7.06. The van der Waals surface area contributed by atoms with Crippen LogP contribution in [0, 0.1) is 18.7 Å². The zero-order valence-corrected chi connectivity index (χ0v) is 15.9. The number of hydrogen-bond acceptors (Lipinski definition) is 6. The van der Waals surface area contributed by atoms with Gasteiger partial charge in [-0.2, -0.15) is 9.61 Å². The molecule has 0 fully saturated rings. The van der Waals surface area contributed by atoms with Crippen molar-refractivity contribution in [3.63, 3.8) is 0 Å². The van der Waals surface area contributed by atoms with E-state index in [1.165, 1.54) is 23.0 Å². The molecule has 3 heterocycles. The van der Waals surface area contributed by atoms with Crippen molar-refractivity contribution in [2.45, 2.75) is 26.8 Å². The normalized spacial score (nSPS) is 12.7. The number of hydrogen-bond donors (Lipinski definition) is 1. The number of aryl methyl sites for hydroxylation is 1. The molecule has 9 nitrogen and oxygen atoms in total. The number of aliphatic carboxylic acids is 1. The Hall–Kier alpha value is -3.69. The lowest BCUT2D eigenvalue weighted by atomic mass is 10.0. The first-order valence-electron chi connectivity index (χ1n) is 8.91. The number of aromatic nitrogens is 6. The fourth-order valence-electron chi connectivity index (χ4n) is 3.42. The molecule has 0 aliphatic rings. The molecule has 0 amide bonds. The van der Waals surface area contributed by atoms with E-state index in [0.717, 1.165) is 4.57 Å². The summed E-state index contributed by atoms with van der Waals surface area (Å²) in [5.41, 5.74) is 1.80. The summed E-state index contributed by atoms with van der Waals surface area (Å²) in [7, 11) is 0. The zero-order chi connectivity index (χ0) is 20.9. The van der Waals surface area contributed by atoms with Gasteiger partial charge in [-0.05, 0) is 30.5 Å². The average molecular weight is 396 g/mol. The van der Waals surface area contributed by atoms with E-state index in [4.69, 9.17) is 0 Å². The van der Waals surface area contributed by atoms with E-state index in [9.17, 15) is 19.1 Å². The predicted octanol–water partition coefficient (Wildman–Crippen LogP) is 2.23. The van der Waals surface area contributed by atoms with Crippen molar-refractivity contribution in [3.05, 3.63) is 52.5 Å². The molecule has 3 aromatic heterocycles. The summed E-state index contributed by atoms with van der Waals surface area (Å²) in [5.74, 6) is -1.83. The van der Waals surface area contributed by atoms with Gasteiger partial charge in [0.2, 0.25) is 0 Å². The second-order valence-electron chi connectivity index (χ2n) is 7.06. The third-order valence-corrected chi connectivity index (χ3v) is 4.75. The highest BCUT2D eigenvalue weighted by Gasteiger charge is 2.27. The average Bonchev–Trinajstić information content (AvgIpc) is 3.00. The molecule has 0 bridgehead atoms. The highest BCUT2D eigenvalue weighted by molar-refractivity contribution is 5.83. The zero-order valence-electron chi connectivity index (χ0n) is 15.9. The maximum Gasteiger partial charge on any atom is 0.327 e. The quantitative estimate of drug-likeness (QED) is 0.562. The fourth-order valence-corrected chi connectivity index (χ4v) is 3.42. The van der Waals surface area contributed by atoms with E-state index in [0.29, 0.717) is 22.5 Å². The van der Waals surface area contributed by atoms with Crippen LogP contribution in [-0.4, -0.2) is 40.4 Å². The van der Waals surface area contributed by atoms with Crippen LogP contribution < -0.4 is 5.56 Å². The van der Waals surface area contributed by atoms with Gasteiger partial charge in [0.05, 0.1) is 11.3 Å². The van der Waals surface area contributed by atoms with Crippen molar-refractivity contribution in [2.75, 3.05) is 0 Å². The van der Waals surface area contributed by atoms with E-state index in [1.54, 1.807) is 32.9 Å². The molecule has 4 rings (SSSR count). The largest absolute Gasteiger partial charge is 0.480 e. The Labute approximate surface area is 163 Å². The smallest absolute Gasteiger partial charge is 0.327 e. The van der Waals surface area contributed by atoms with Gasteiger partial charge in [-0.25, -0.2) is 14.2 Å². The minimum absolute atomic E-state index is 0.0833. The van der Waals surface area contributed by atoms with E-state index >= 15 is 0 Å². The maximum atomic E-state index is 13.3. The number of fused-ring (bicyclic) bond motifs is 3. The first kappa shape index (κ1) is 18.7. The summed E-state index contributed by atoms with van der Waals surface area (Å²) in [6.45, 7) is 5.17. The number of halogens is 1. The summed E-state index contributed by atoms with van der Waals surface area (Å²) in [5, 5.41) is 22.1. The van der Waals surface area contributed by atoms with Gasteiger partial charge in [0, 0.05) is 0 Å². The van der Waals surface area contributed by atoms with Crippen molar-refractivity contribution in [2.24, 2.45) is 5.92 Å². The van der Waals surface area contributed by atoms with Crippen LogP contribution in [0.3, 0.4) is 0 Å². The third-order valence-electron chi connectivity index (χ3n) is 4.75. The molecule has 1 N–H and O–H groups in total. The molecule has 0 saturated heterocycles. The minimum atomic E-state index is -1.13. The third kappa shape index (κ3) is 2.93. The number of rotatable bonds is 4. The monoisotopic (exact) mass is 396 g/mol. The Kier molecular flexibility index (Phi) is 4.33. The molecule has 1 aromatic carbocycles. The van der Waals surface area contributed by atoms with Gasteiger partial charge in [-0.3, -0.25) is 9.36 Å². The highest BCUT2D eigenvalue weighted by atomic mass is 19.1. The van der Waals surface area contributed by atoms with Crippen LogP contribution in [0.1, 0.15) is 25.6 Å².